The molecule has 3 aromatic rings. The Morgan fingerprint density at radius 2 is 1.64 bits per heavy atom. The van der Waals surface area contributed by atoms with Crippen molar-refractivity contribution in [2.75, 3.05) is 11.1 Å². The molecule has 0 bridgehead atoms. The van der Waals surface area contributed by atoms with E-state index in [2.05, 4.69) is 33.0 Å². The van der Waals surface area contributed by atoms with Gasteiger partial charge in [0.05, 0.1) is 11.8 Å². The van der Waals surface area contributed by atoms with Gasteiger partial charge in [0, 0.05) is 17.8 Å². The van der Waals surface area contributed by atoms with Gasteiger partial charge in [-0.05, 0) is 64.8 Å². The smallest absolute Gasteiger partial charge is 0.251 e. The quantitative estimate of drug-likeness (QED) is 0.469. The highest BCUT2D eigenvalue weighted by atomic mass is 32.2. The molecule has 0 saturated carbocycles. The van der Waals surface area contributed by atoms with Crippen molar-refractivity contribution in [3.8, 4) is 0 Å². The summed E-state index contributed by atoms with van der Waals surface area (Å²) in [6.07, 6.45) is 0. The second-order valence-electron chi connectivity index (χ2n) is 8.26. The number of benzene rings is 2. The Morgan fingerprint density at radius 1 is 1.00 bits per heavy atom. The maximum Gasteiger partial charge on any atom is 0.251 e. The molecule has 0 aliphatic heterocycles. The lowest BCUT2D eigenvalue weighted by atomic mass is 10.1. The minimum absolute atomic E-state index is 0.0945. The highest BCUT2D eigenvalue weighted by Crippen LogP contribution is 2.24. The lowest BCUT2D eigenvalue weighted by Gasteiger charge is -2.15. The Hall–Kier alpha value is -3.13. The van der Waals surface area contributed by atoms with Crippen LogP contribution in [-0.2, 0) is 11.3 Å². The Bertz CT molecular complexity index is 1130. The largest absolute Gasteiger partial charge is 0.342 e. The molecule has 2 N–H and O–H groups in total. The molecule has 2 amide bonds. The van der Waals surface area contributed by atoms with Crippen LogP contribution in [0.1, 0.15) is 58.3 Å². The van der Waals surface area contributed by atoms with E-state index in [9.17, 15) is 9.59 Å². The van der Waals surface area contributed by atoms with Crippen LogP contribution >= 0.6 is 11.8 Å². The lowest BCUT2D eigenvalue weighted by Crippen LogP contribution is -2.28. The summed E-state index contributed by atoms with van der Waals surface area (Å²) in [5.41, 5.74) is 5.82. The molecule has 2 aromatic carbocycles. The number of anilines is 1. The molecular formula is C25H31N5O2S. The zero-order valence-electron chi connectivity index (χ0n) is 20.0. The predicted octanol–water partition coefficient (Wildman–Crippen LogP) is 4.75. The second kappa shape index (κ2) is 10.7. The number of amides is 2. The van der Waals surface area contributed by atoms with Gasteiger partial charge in [0.15, 0.2) is 11.0 Å². The maximum absolute atomic E-state index is 12.6. The second-order valence-corrected chi connectivity index (χ2v) is 9.20. The van der Waals surface area contributed by atoms with Gasteiger partial charge in [-0.25, -0.2) is 0 Å². The third-order valence-electron chi connectivity index (χ3n) is 5.38. The van der Waals surface area contributed by atoms with Crippen molar-refractivity contribution in [1.29, 1.82) is 0 Å². The Balaban J connectivity index is 1.64. The van der Waals surface area contributed by atoms with Crippen molar-refractivity contribution < 1.29 is 9.59 Å². The van der Waals surface area contributed by atoms with Gasteiger partial charge in [0.25, 0.3) is 5.91 Å². The van der Waals surface area contributed by atoms with Crippen LogP contribution in [0.5, 0.6) is 0 Å². The number of hydrogen-bond acceptors (Lipinski definition) is 5. The lowest BCUT2D eigenvalue weighted by molar-refractivity contribution is -0.113. The van der Waals surface area contributed by atoms with Crippen LogP contribution in [-0.4, -0.2) is 32.3 Å². The van der Waals surface area contributed by atoms with Crippen LogP contribution in [0, 0.1) is 27.7 Å². The molecule has 33 heavy (non-hydrogen) atoms. The number of hydrogen-bond donors (Lipinski definition) is 2. The zero-order chi connectivity index (χ0) is 24.1. The van der Waals surface area contributed by atoms with Crippen molar-refractivity contribution in [2.24, 2.45) is 0 Å². The molecule has 1 unspecified atom stereocenters. The van der Waals surface area contributed by atoms with E-state index in [0.717, 1.165) is 22.4 Å². The van der Waals surface area contributed by atoms with Gasteiger partial charge in [-0.3, -0.25) is 9.59 Å². The number of rotatable bonds is 8. The summed E-state index contributed by atoms with van der Waals surface area (Å²) in [5.74, 6) is 0.620. The van der Waals surface area contributed by atoms with E-state index in [0.29, 0.717) is 23.1 Å². The van der Waals surface area contributed by atoms with Crippen molar-refractivity contribution in [2.45, 2.75) is 59.3 Å². The molecule has 174 valence electrons. The normalized spacial score (nSPS) is 11.8. The molecule has 1 atom stereocenters. The van der Waals surface area contributed by atoms with Gasteiger partial charge in [0.2, 0.25) is 5.91 Å². The molecule has 0 radical (unpaired) electrons. The van der Waals surface area contributed by atoms with E-state index >= 15 is 0 Å². The number of aromatic nitrogens is 3. The third kappa shape index (κ3) is 6.01. The van der Waals surface area contributed by atoms with Gasteiger partial charge >= 0.3 is 0 Å². The summed E-state index contributed by atoms with van der Waals surface area (Å²) in [6.45, 7) is 12.5. The van der Waals surface area contributed by atoms with E-state index in [-0.39, 0.29) is 23.6 Å². The molecule has 0 aliphatic carbocycles. The standard InChI is InChI=1S/C25H31N5O2S/c1-7-30-23(19(6)26-24(32)20-10-8-15(2)9-11-20)28-29-25(30)33-14-21(31)27-22-17(4)12-16(3)13-18(22)5/h8-13,19H,7,14H2,1-6H3,(H,26,32)(H,27,31). The fourth-order valence-corrected chi connectivity index (χ4v) is 4.57. The Morgan fingerprint density at radius 3 is 2.24 bits per heavy atom. The Kier molecular flexibility index (Phi) is 7.92. The van der Waals surface area contributed by atoms with Crippen molar-refractivity contribution >= 4 is 29.3 Å². The summed E-state index contributed by atoms with van der Waals surface area (Å²) in [6, 6.07) is 11.2. The van der Waals surface area contributed by atoms with Gasteiger partial charge in [0.1, 0.15) is 0 Å². The summed E-state index contributed by atoms with van der Waals surface area (Å²) in [7, 11) is 0. The molecule has 0 aliphatic rings. The highest BCUT2D eigenvalue weighted by Gasteiger charge is 2.20. The summed E-state index contributed by atoms with van der Waals surface area (Å²) in [4.78, 5) is 25.2. The molecule has 0 saturated heterocycles. The first kappa shape index (κ1) is 24.5. The van der Waals surface area contributed by atoms with Gasteiger partial charge in [-0.1, -0.05) is 47.2 Å². The number of nitrogens with zero attached hydrogens (tertiary/aromatic N) is 3. The van der Waals surface area contributed by atoms with Crippen LogP contribution in [0.3, 0.4) is 0 Å². The molecule has 7 nitrogen and oxygen atoms in total. The molecule has 8 heteroatoms. The topological polar surface area (TPSA) is 88.9 Å². The van der Waals surface area contributed by atoms with Gasteiger partial charge in [-0.15, -0.1) is 10.2 Å². The first-order chi connectivity index (χ1) is 15.7. The monoisotopic (exact) mass is 465 g/mol. The van der Waals surface area contributed by atoms with Crippen LogP contribution in [0.2, 0.25) is 0 Å². The van der Waals surface area contributed by atoms with Crippen LogP contribution in [0.15, 0.2) is 41.6 Å². The third-order valence-corrected chi connectivity index (χ3v) is 6.35. The summed E-state index contributed by atoms with van der Waals surface area (Å²) < 4.78 is 1.93. The zero-order valence-corrected chi connectivity index (χ0v) is 20.8. The van der Waals surface area contributed by atoms with E-state index in [1.165, 1.54) is 17.3 Å². The average Bonchev–Trinajstić information content (AvgIpc) is 3.18. The van der Waals surface area contributed by atoms with Gasteiger partial charge in [-0.2, -0.15) is 0 Å². The first-order valence-electron chi connectivity index (χ1n) is 11.0. The maximum atomic E-state index is 12.6. The summed E-state index contributed by atoms with van der Waals surface area (Å²) >= 11 is 1.33. The molecule has 0 spiro atoms. The SMILES string of the molecule is CCn1c(SCC(=O)Nc2c(C)cc(C)cc2C)nnc1C(C)NC(=O)c1ccc(C)cc1. The molecule has 3 rings (SSSR count). The minimum atomic E-state index is -0.327. The van der Waals surface area contributed by atoms with Crippen molar-refractivity contribution in [3.63, 3.8) is 0 Å². The van der Waals surface area contributed by atoms with Crippen LogP contribution in [0.25, 0.3) is 0 Å². The number of nitrogens with one attached hydrogen (secondary N) is 2. The minimum Gasteiger partial charge on any atom is -0.342 e. The van der Waals surface area contributed by atoms with Crippen LogP contribution in [0.4, 0.5) is 5.69 Å². The first-order valence-corrected chi connectivity index (χ1v) is 12.0. The van der Waals surface area contributed by atoms with E-state index in [1.807, 2.05) is 58.2 Å². The van der Waals surface area contributed by atoms with E-state index in [4.69, 9.17) is 0 Å². The number of thioether (sulfide) groups is 1. The fraction of sp³-hybridized carbons (Fsp3) is 0.360. The highest BCUT2D eigenvalue weighted by molar-refractivity contribution is 7.99. The van der Waals surface area contributed by atoms with Gasteiger partial charge < -0.3 is 15.2 Å². The van der Waals surface area contributed by atoms with Crippen LogP contribution < -0.4 is 10.6 Å². The number of carbonyl (C=O) groups excluding carboxylic acids is 2. The predicted molar refractivity (Wildman–Crippen MR) is 133 cm³/mol. The fourth-order valence-electron chi connectivity index (χ4n) is 3.76. The van der Waals surface area contributed by atoms with E-state index in [1.54, 1.807) is 12.1 Å². The van der Waals surface area contributed by atoms with Crippen molar-refractivity contribution in [3.05, 3.63) is 70.0 Å². The average molecular weight is 466 g/mol. The molecule has 1 heterocycles. The Labute approximate surface area is 199 Å². The molecule has 0 fully saturated rings. The number of carbonyl (C=O) groups is 2. The molecule has 1 aromatic heterocycles. The van der Waals surface area contributed by atoms with Crippen molar-refractivity contribution in [1.82, 2.24) is 20.1 Å². The van der Waals surface area contributed by atoms with E-state index < -0.39 is 0 Å². The molecular weight excluding hydrogens is 434 g/mol. The number of aryl methyl sites for hydroxylation is 4. The summed E-state index contributed by atoms with van der Waals surface area (Å²) in [5, 5.41) is 15.2.